The van der Waals surface area contributed by atoms with E-state index in [9.17, 15) is 18.3 Å². The Labute approximate surface area is 230 Å². The number of ether oxygens (including phenoxy) is 3. The highest BCUT2D eigenvalue weighted by molar-refractivity contribution is 7.89. The van der Waals surface area contributed by atoms with Crippen LogP contribution in [0, 0.1) is 11.8 Å². The number of carbonyl (C=O) groups is 1. The first-order chi connectivity index (χ1) is 18.6. The Morgan fingerprint density at radius 3 is 2.54 bits per heavy atom. The summed E-state index contributed by atoms with van der Waals surface area (Å²) in [4.78, 5) is 13.0. The van der Waals surface area contributed by atoms with Crippen LogP contribution in [0.3, 0.4) is 0 Å². The fourth-order valence-electron chi connectivity index (χ4n) is 5.00. The molecule has 2 aliphatic rings. The molecule has 0 saturated carbocycles. The highest BCUT2D eigenvalue weighted by Gasteiger charge is 2.44. The number of nitrogen functional groups attached to an aromatic ring is 1. The van der Waals surface area contributed by atoms with Crippen molar-refractivity contribution in [1.82, 2.24) is 9.62 Å². The zero-order valence-corrected chi connectivity index (χ0v) is 23.3. The van der Waals surface area contributed by atoms with Gasteiger partial charge >= 0.3 is 6.09 Å². The van der Waals surface area contributed by atoms with Crippen LogP contribution in [-0.4, -0.2) is 74.8 Å². The van der Waals surface area contributed by atoms with E-state index in [2.05, 4.69) is 5.32 Å². The number of sulfonamides is 1. The van der Waals surface area contributed by atoms with Crippen LogP contribution in [-0.2, 0) is 30.7 Å². The van der Waals surface area contributed by atoms with Crippen LogP contribution in [0.4, 0.5) is 10.5 Å². The average molecular weight is 562 g/mol. The summed E-state index contributed by atoms with van der Waals surface area (Å²) >= 11 is 0. The number of amides is 1. The van der Waals surface area contributed by atoms with Crippen molar-refractivity contribution < 1.29 is 32.5 Å². The second-order valence-corrected chi connectivity index (χ2v) is 12.5. The van der Waals surface area contributed by atoms with Crippen molar-refractivity contribution >= 4 is 21.8 Å². The van der Waals surface area contributed by atoms with Gasteiger partial charge in [0.05, 0.1) is 36.2 Å². The van der Waals surface area contributed by atoms with Gasteiger partial charge in [0.1, 0.15) is 6.10 Å². The zero-order chi connectivity index (χ0) is 28.0. The summed E-state index contributed by atoms with van der Waals surface area (Å²) in [7, 11) is -3.92. The van der Waals surface area contributed by atoms with Crippen LogP contribution in [0.1, 0.15) is 32.3 Å². The highest BCUT2D eigenvalue weighted by Crippen LogP contribution is 2.33. The summed E-state index contributed by atoms with van der Waals surface area (Å²) < 4.78 is 45.0. The molecule has 0 bridgehead atoms. The summed E-state index contributed by atoms with van der Waals surface area (Å²) in [5.41, 5.74) is 7.24. The molecule has 2 saturated heterocycles. The van der Waals surface area contributed by atoms with Gasteiger partial charge in [-0.2, -0.15) is 4.31 Å². The molecule has 2 aromatic carbocycles. The van der Waals surface area contributed by atoms with E-state index in [1.54, 1.807) is 0 Å². The quantitative estimate of drug-likeness (QED) is 0.336. The number of nitrogens with two attached hydrogens (primary N) is 1. The summed E-state index contributed by atoms with van der Waals surface area (Å²) in [5.74, 6) is -0.0135. The molecule has 1 amide bonds. The first kappa shape index (κ1) is 29.3. The second-order valence-electron chi connectivity index (χ2n) is 10.6. The lowest BCUT2D eigenvalue weighted by Crippen LogP contribution is -2.51. The third-order valence-corrected chi connectivity index (χ3v) is 8.92. The molecule has 2 heterocycles. The van der Waals surface area contributed by atoms with Gasteiger partial charge in [-0.1, -0.05) is 44.2 Å². The minimum atomic E-state index is -3.92. The molecule has 2 aliphatic heterocycles. The molecule has 2 fully saturated rings. The third kappa shape index (κ3) is 7.70. The number of aryl methyl sites for hydroxylation is 1. The van der Waals surface area contributed by atoms with Crippen LogP contribution in [0.2, 0.25) is 0 Å². The third-order valence-electron chi connectivity index (χ3n) is 7.08. The van der Waals surface area contributed by atoms with Crippen molar-refractivity contribution in [3.05, 3.63) is 60.2 Å². The van der Waals surface area contributed by atoms with E-state index in [0.29, 0.717) is 25.1 Å². The van der Waals surface area contributed by atoms with Crippen LogP contribution in [0.25, 0.3) is 0 Å². The Bertz CT molecular complexity index is 1180. The van der Waals surface area contributed by atoms with E-state index in [-0.39, 0.29) is 42.7 Å². The number of hydrogen-bond acceptors (Lipinski definition) is 8. The number of alkyl carbamates (subject to hydrolysis) is 1. The van der Waals surface area contributed by atoms with Gasteiger partial charge in [0.15, 0.2) is 6.29 Å². The van der Waals surface area contributed by atoms with Gasteiger partial charge in [0, 0.05) is 18.8 Å². The molecule has 0 unspecified atom stereocenters. The van der Waals surface area contributed by atoms with Crippen LogP contribution < -0.4 is 11.1 Å². The van der Waals surface area contributed by atoms with E-state index in [1.807, 2.05) is 44.2 Å². The fraction of sp³-hybridized carbons (Fsp3) is 0.536. The molecule has 11 heteroatoms. The number of anilines is 1. The number of aliphatic hydroxyl groups is 1. The lowest BCUT2D eigenvalue weighted by molar-refractivity contribution is -0.0907. The van der Waals surface area contributed by atoms with Crippen LogP contribution in [0.15, 0.2) is 59.5 Å². The summed E-state index contributed by atoms with van der Waals surface area (Å²) in [5, 5.41) is 14.1. The predicted molar refractivity (Wildman–Crippen MR) is 146 cm³/mol. The minimum absolute atomic E-state index is 0.00499. The second kappa shape index (κ2) is 13.1. The number of aliphatic hydroxyl groups excluding tert-OH is 1. The van der Waals surface area contributed by atoms with Crippen molar-refractivity contribution in [2.45, 2.75) is 62.5 Å². The molecular formula is C28H39N3O7S. The number of nitrogens with zero attached hydrogens (tertiary/aromatic N) is 1. The number of fused-ring (bicyclic) bond motifs is 1. The predicted octanol–water partition coefficient (Wildman–Crippen LogP) is 2.77. The SMILES string of the molecule is CC(C)CN(C[C@@H](O)[C@@H](CCc1ccccc1)NC(=O)O[C@@H]1CO[C@@H]2OCC[C@@H]21)S(=O)(=O)c1ccc(N)cc1. The Hall–Kier alpha value is -2.70. The molecule has 2 aromatic rings. The van der Waals surface area contributed by atoms with E-state index >= 15 is 0 Å². The van der Waals surface area contributed by atoms with E-state index in [4.69, 9.17) is 19.9 Å². The van der Waals surface area contributed by atoms with Crippen molar-refractivity contribution in [2.24, 2.45) is 11.8 Å². The van der Waals surface area contributed by atoms with Crippen molar-refractivity contribution in [2.75, 3.05) is 32.0 Å². The first-order valence-electron chi connectivity index (χ1n) is 13.4. The maximum atomic E-state index is 13.5. The van der Waals surface area contributed by atoms with Gasteiger partial charge in [-0.15, -0.1) is 0 Å². The zero-order valence-electron chi connectivity index (χ0n) is 22.4. The number of benzene rings is 2. The number of rotatable bonds is 12. The van der Waals surface area contributed by atoms with Crippen molar-refractivity contribution in [3.63, 3.8) is 0 Å². The highest BCUT2D eigenvalue weighted by atomic mass is 32.2. The lowest BCUT2D eigenvalue weighted by atomic mass is 10.0. The van der Waals surface area contributed by atoms with Crippen molar-refractivity contribution in [3.8, 4) is 0 Å². The topological polar surface area (TPSA) is 140 Å². The largest absolute Gasteiger partial charge is 0.443 e. The van der Waals surface area contributed by atoms with Crippen LogP contribution >= 0.6 is 0 Å². The molecule has 39 heavy (non-hydrogen) atoms. The average Bonchev–Trinajstić information content (AvgIpc) is 3.52. The molecule has 10 nitrogen and oxygen atoms in total. The summed E-state index contributed by atoms with van der Waals surface area (Å²) in [6.07, 6.45) is -0.957. The molecule has 0 aliphatic carbocycles. The van der Waals surface area contributed by atoms with Crippen molar-refractivity contribution in [1.29, 1.82) is 0 Å². The van der Waals surface area contributed by atoms with E-state index in [1.165, 1.54) is 28.6 Å². The van der Waals surface area contributed by atoms with Gasteiger partial charge in [-0.25, -0.2) is 13.2 Å². The molecule has 0 aromatic heterocycles. The monoisotopic (exact) mass is 561 g/mol. The number of hydrogen-bond donors (Lipinski definition) is 3. The lowest BCUT2D eigenvalue weighted by Gasteiger charge is -2.31. The minimum Gasteiger partial charge on any atom is -0.443 e. The smallest absolute Gasteiger partial charge is 0.407 e. The maximum absolute atomic E-state index is 13.5. The molecule has 5 atom stereocenters. The standard InChI is InChI=1S/C28H39N3O7S/c1-19(2)16-31(39(34,35)22-11-9-21(29)10-12-22)17-25(32)24(13-8-20-6-4-3-5-7-20)30-28(33)38-26-18-37-27-23(26)14-15-36-27/h3-7,9-12,19,23-27,32H,8,13-18,29H2,1-2H3,(H,30,33)/t23-,24-,25-,26-,27+/m1/s1. The van der Waals surface area contributed by atoms with E-state index in [0.717, 1.165) is 12.0 Å². The Morgan fingerprint density at radius 1 is 1.13 bits per heavy atom. The first-order valence-corrected chi connectivity index (χ1v) is 14.9. The molecule has 0 radical (unpaired) electrons. The van der Waals surface area contributed by atoms with Crippen LogP contribution in [0.5, 0.6) is 0 Å². The van der Waals surface area contributed by atoms with Gasteiger partial charge in [-0.3, -0.25) is 0 Å². The number of nitrogens with one attached hydrogen (secondary N) is 1. The molecular weight excluding hydrogens is 522 g/mol. The van der Waals surface area contributed by atoms with E-state index < -0.39 is 34.4 Å². The summed E-state index contributed by atoms with van der Waals surface area (Å²) in [6, 6.07) is 14.9. The molecule has 4 rings (SSSR count). The summed E-state index contributed by atoms with van der Waals surface area (Å²) in [6.45, 7) is 4.62. The number of carbonyl (C=O) groups excluding carboxylic acids is 1. The Morgan fingerprint density at radius 2 is 1.85 bits per heavy atom. The molecule has 0 spiro atoms. The normalized spacial score (nSPS) is 22.5. The van der Waals surface area contributed by atoms with Gasteiger partial charge < -0.3 is 30.4 Å². The van der Waals surface area contributed by atoms with Gasteiger partial charge in [-0.05, 0) is 55.0 Å². The van der Waals surface area contributed by atoms with Gasteiger partial charge in [0.25, 0.3) is 0 Å². The molecule has 214 valence electrons. The Kier molecular flexibility index (Phi) is 9.84. The molecule has 4 N–H and O–H groups in total. The maximum Gasteiger partial charge on any atom is 0.407 e. The Balaban J connectivity index is 1.48. The fourth-order valence-corrected chi connectivity index (χ4v) is 6.62. The van der Waals surface area contributed by atoms with Gasteiger partial charge in [0.2, 0.25) is 10.0 Å².